The number of benzene rings is 1. The molecule has 0 aliphatic carbocycles. The highest BCUT2D eigenvalue weighted by Gasteiger charge is 2.66. The molecule has 2 fully saturated rings. The number of aromatic nitrogens is 2. The summed E-state index contributed by atoms with van der Waals surface area (Å²) in [5.41, 5.74) is 31.9. The van der Waals surface area contributed by atoms with E-state index in [1.165, 1.54) is 20.2 Å². The second-order valence-electron chi connectivity index (χ2n) is 27.3. The minimum Gasteiger partial charge on any atom is -0.394 e. The van der Waals surface area contributed by atoms with Gasteiger partial charge in [-0.1, -0.05) is 34.6 Å². The number of aliphatic hydroxyl groups is 2. The Bertz CT molecular complexity index is 3530. The highest BCUT2D eigenvalue weighted by Crippen LogP contribution is 2.63. The Hall–Kier alpha value is -6.80. The molecule has 15 atom stereocenters. The number of hydrogen-bond acceptors (Lipinski definition) is 18. The van der Waals surface area contributed by atoms with Gasteiger partial charge in [-0.3, -0.25) is 52.8 Å². The van der Waals surface area contributed by atoms with Crippen molar-refractivity contribution in [3.8, 4) is 0 Å². The first-order valence-corrected chi connectivity index (χ1v) is 32.3. The number of Topliss-reactive ketones (excluding diaryl/α,β-unsaturated/α-hetero) is 1. The molecule has 8 rings (SSSR count). The first-order chi connectivity index (χ1) is 41.8. The van der Waals surface area contributed by atoms with E-state index in [1.807, 2.05) is 87.4 Å². The van der Waals surface area contributed by atoms with Crippen LogP contribution >= 0.6 is 7.82 Å². The van der Waals surface area contributed by atoms with Gasteiger partial charge in [-0.05, 0) is 115 Å². The van der Waals surface area contributed by atoms with Crippen LogP contribution in [0.3, 0.4) is 0 Å². The van der Waals surface area contributed by atoms with Crippen molar-refractivity contribution < 1.29 is 67.0 Å². The monoisotopic (exact) mass is 1270 g/mol. The molecule has 8 bridgehead atoms. The first kappa shape index (κ1) is 69.1. The molecule has 26 nitrogen and oxygen atoms in total. The number of carbonyl (C=O) groups excluding carboxylic acids is 7. The van der Waals surface area contributed by atoms with Crippen LogP contribution in [0.15, 0.2) is 67.8 Å². The Labute approximate surface area is 524 Å². The van der Waals surface area contributed by atoms with Gasteiger partial charge in [0.05, 0.1) is 41.7 Å². The van der Waals surface area contributed by atoms with Crippen LogP contribution in [-0.2, 0) is 51.9 Å². The van der Waals surface area contributed by atoms with Crippen molar-refractivity contribution in [2.45, 2.75) is 196 Å². The van der Waals surface area contributed by atoms with Gasteiger partial charge in [0.2, 0.25) is 35.4 Å². The van der Waals surface area contributed by atoms with Crippen LogP contribution in [0.1, 0.15) is 157 Å². The van der Waals surface area contributed by atoms with Gasteiger partial charge in [0, 0.05) is 131 Å². The molecule has 6 aliphatic rings. The Morgan fingerprint density at radius 2 is 1.44 bits per heavy atom. The number of allylic oxidation sites excluding steroid dienone is 6. The van der Waals surface area contributed by atoms with Gasteiger partial charge in [0.15, 0.2) is 6.23 Å². The second kappa shape index (κ2) is 25.7. The lowest BCUT2D eigenvalue weighted by molar-refractivity contribution is -0.124. The number of hydrogen-bond donors (Lipinski definition) is 10. The Kier molecular flexibility index (Phi) is 19.7. The number of amides is 6. The normalized spacial score (nSPS) is 32.1. The zero-order valence-electron chi connectivity index (χ0n) is 53.7. The van der Waals surface area contributed by atoms with Gasteiger partial charge in [-0.15, -0.1) is 0 Å². The molecule has 1 aromatic heterocycles. The van der Waals surface area contributed by atoms with E-state index in [0.717, 1.165) is 11.1 Å². The molecule has 90 heavy (non-hydrogen) atoms. The standard InChI is InChI=1S/C63H91N12O14P/c1-30-21-41-42(22-31(30)2)75(29-70-41)58-53(84)54(43(28-76)87-58)89-90(85,86)88-33(4)27-69-50(83)19-20-60(9)39(23-47(66)80)57-63(12)62(11,26-49(68)82)38(16-18-46(65)79)52(74-63)35(6)56-61(10,25-48(67)81)36(15-17-45(64)78)40(71-56)24-44-59(7,8)37(14-13-32(3)77)51(72-44)34(5)55(60)73-57/h21-22,24,29,33,36-39,43,53-54,57-58,71,76,84H,13-20,23,25-28H2,1-12H3,(H2,64,78)(H2,65,79)(H2,66,80)(H2,67,81)(H2,68,82)(H,69,83)(H,85,86). The fourth-order valence-electron chi connectivity index (χ4n) is 15.5. The molecule has 7 heterocycles. The molecule has 2 saturated heterocycles. The van der Waals surface area contributed by atoms with Gasteiger partial charge < -0.3 is 68.5 Å². The van der Waals surface area contributed by atoms with E-state index >= 15 is 0 Å². The highest BCUT2D eigenvalue weighted by molar-refractivity contribution is 7.47. The number of aliphatic imine (C=N–C) groups is 3. The molecular weight excluding hydrogens is 1180 g/mol. The van der Waals surface area contributed by atoms with Crippen molar-refractivity contribution in [2.75, 3.05) is 13.2 Å². The van der Waals surface area contributed by atoms with Crippen LogP contribution in [0.4, 0.5) is 0 Å². The third-order valence-electron chi connectivity index (χ3n) is 20.7. The molecule has 492 valence electrons. The Balaban J connectivity index is 1.19. The lowest BCUT2D eigenvalue weighted by Crippen LogP contribution is -2.56. The zero-order chi connectivity index (χ0) is 66.7. The molecule has 2 aromatic rings. The summed E-state index contributed by atoms with van der Waals surface area (Å²) in [6, 6.07) is 2.72. The van der Waals surface area contributed by atoms with Crippen molar-refractivity contribution in [3.05, 3.63) is 63.9 Å². The van der Waals surface area contributed by atoms with E-state index in [9.17, 15) is 53.2 Å². The maximum atomic E-state index is 14.4. The number of imidazole rings is 1. The van der Waals surface area contributed by atoms with Crippen molar-refractivity contribution in [2.24, 2.45) is 89.0 Å². The number of nitrogens with two attached hydrogens (primary N) is 5. The van der Waals surface area contributed by atoms with Crippen molar-refractivity contribution in [3.63, 3.8) is 0 Å². The van der Waals surface area contributed by atoms with Gasteiger partial charge in [-0.25, -0.2) is 9.55 Å². The van der Waals surface area contributed by atoms with E-state index in [2.05, 4.69) is 15.6 Å². The quantitative estimate of drug-likeness (QED) is 0.0588. The molecule has 0 radical (unpaired) electrons. The summed E-state index contributed by atoms with van der Waals surface area (Å²) >= 11 is 0. The largest absolute Gasteiger partial charge is 0.472 e. The fourth-order valence-corrected chi connectivity index (χ4v) is 16.6. The number of primary amides is 5. The van der Waals surface area contributed by atoms with Gasteiger partial charge in [0.1, 0.15) is 24.1 Å². The number of ketones is 1. The average Bonchev–Trinajstić information content (AvgIpc) is 1.53. The topological polar surface area (TPSA) is 434 Å². The van der Waals surface area contributed by atoms with Crippen molar-refractivity contribution in [1.82, 2.24) is 20.2 Å². The SMILES string of the molecule is CC(=O)CCC1C2=C(C)C3=NC(C(CC(N)=O)C3(C)CCC(=O)NCC(C)OP(=O)(O)OC3C(CO)OC(n4cnc5cc(C)c(C)cc54)C3O)C3(C)N=C(C(C)=C4NC(=CC(=N2)C1(C)C)C(CCC(N)=O)C4(C)CC(N)=O)C(CCC(N)=O)C3(C)CC(N)=O. The van der Waals surface area contributed by atoms with E-state index in [0.29, 0.717) is 62.8 Å². The van der Waals surface area contributed by atoms with Crippen LogP contribution in [0.25, 0.3) is 11.0 Å². The van der Waals surface area contributed by atoms with E-state index in [-0.39, 0.29) is 76.5 Å². The Morgan fingerprint density at radius 1 is 0.822 bits per heavy atom. The fraction of sp³-hybridized carbons (Fsp3) is 0.635. The second-order valence-corrected chi connectivity index (χ2v) is 28.7. The van der Waals surface area contributed by atoms with Crippen molar-refractivity contribution >= 4 is 77.2 Å². The average molecular weight is 1270 g/mol. The molecule has 27 heteroatoms. The minimum atomic E-state index is -5.06. The Morgan fingerprint density at radius 3 is 2.04 bits per heavy atom. The summed E-state index contributed by atoms with van der Waals surface area (Å²) < 4.78 is 32.3. The number of carbonyl (C=O) groups is 7. The predicted molar refractivity (Wildman–Crippen MR) is 335 cm³/mol. The van der Waals surface area contributed by atoms with Crippen LogP contribution in [0.5, 0.6) is 0 Å². The number of fused-ring (bicyclic) bond motifs is 7. The summed E-state index contributed by atoms with van der Waals surface area (Å²) in [5, 5.41) is 28.3. The minimum absolute atomic E-state index is 0.00860. The number of aliphatic hydroxyl groups excluding tert-OH is 2. The van der Waals surface area contributed by atoms with E-state index in [4.69, 9.17) is 57.4 Å². The van der Waals surface area contributed by atoms with E-state index in [1.54, 1.807) is 4.57 Å². The third kappa shape index (κ3) is 13.0. The summed E-state index contributed by atoms with van der Waals surface area (Å²) in [6.07, 6.45) is -3.72. The number of ether oxygens (including phenoxy) is 1. The van der Waals surface area contributed by atoms with Crippen LogP contribution < -0.4 is 39.3 Å². The maximum Gasteiger partial charge on any atom is 0.472 e. The van der Waals surface area contributed by atoms with Gasteiger partial charge in [-0.2, -0.15) is 0 Å². The maximum absolute atomic E-state index is 14.4. The molecule has 6 aliphatic heterocycles. The number of nitrogens with one attached hydrogen (secondary N) is 2. The van der Waals surface area contributed by atoms with Gasteiger partial charge in [0.25, 0.3) is 0 Å². The van der Waals surface area contributed by atoms with Gasteiger partial charge >= 0.3 is 7.82 Å². The lowest BCUT2D eigenvalue weighted by atomic mass is 9.55. The summed E-state index contributed by atoms with van der Waals surface area (Å²) in [5.74, 6) is -6.48. The number of phosphoric ester groups is 1. The smallest absolute Gasteiger partial charge is 0.394 e. The molecule has 15 unspecified atom stereocenters. The van der Waals surface area contributed by atoms with Crippen LogP contribution in [0, 0.1) is 59.2 Å². The number of aryl methyl sites for hydroxylation is 2. The third-order valence-corrected chi connectivity index (χ3v) is 21.8. The van der Waals surface area contributed by atoms with E-state index < -0.39 is 137 Å². The number of phosphoric acid groups is 1. The molecular formula is C63H91N12O14P. The number of rotatable bonds is 26. The summed E-state index contributed by atoms with van der Waals surface area (Å²) in [7, 11) is -5.06. The summed E-state index contributed by atoms with van der Waals surface area (Å²) in [6.45, 7) is 21.0. The lowest BCUT2D eigenvalue weighted by Gasteiger charge is -2.48. The molecule has 0 spiro atoms. The molecule has 0 saturated carbocycles. The van der Waals surface area contributed by atoms with Crippen LogP contribution in [0.2, 0.25) is 0 Å². The first-order valence-electron chi connectivity index (χ1n) is 30.8. The molecule has 15 N–H and O–H groups in total. The molecule has 6 amide bonds. The van der Waals surface area contributed by atoms with Crippen molar-refractivity contribution in [1.29, 1.82) is 0 Å². The zero-order valence-corrected chi connectivity index (χ0v) is 54.6. The summed E-state index contributed by atoms with van der Waals surface area (Å²) in [4.78, 5) is 126. The predicted octanol–water partition coefficient (Wildman–Crippen LogP) is 4.27. The molecule has 1 aromatic carbocycles. The number of nitrogens with zero attached hydrogens (tertiary/aromatic N) is 5. The highest BCUT2D eigenvalue weighted by atomic mass is 31.2. The van der Waals surface area contributed by atoms with Crippen LogP contribution in [-0.4, -0.2) is 132 Å².